The fourth-order valence-corrected chi connectivity index (χ4v) is 3.70. The number of benzene rings is 2. The van der Waals surface area contributed by atoms with E-state index in [-0.39, 0.29) is 30.2 Å². The number of hydrogen-bond donors (Lipinski definition) is 2. The molecule has 0 spiro atoms. The molecule has 3 rings (SSSR count). The first-order chi connectivity index (χ1) is 15.0. The third kappa shape index (κ3) is 7.22. The van der Waals surface area contributed by atoms with Crippen LogP contribution in [0.5, 0.6) is 0 Å². The molecule has 2 N–H and O–H groups in total. The molecule has 1 heterocycles. The molecule has 164 valence electrons. The van der Waals surface area contributed by atoms with Crippen LogP contribution in [0.3, 0.4) is 0 Å². The van der Waals surface area contributed by atoms with Crippen LogP contribution >= 0.6 is 0 Å². The van der Waals surface area contributed by atoms with Gasteiger partial charge in [-0.3, -0.25) is 19.3 Å². The first kappa shape index (κ1) is 22.5. The molecule has 31 heavy (non-hydrogen) atoms. The molecule has 1 aliphatic heterocycles. The number of hydrogen-bond acceptors (Lipinski definition) is 4. The van der Waals surface area contributed by atoms with Gasteiger partial charge in [-0.2, -0.15) is 0 Å². The lowest BCUT2D eigenvalue weighted by Gasteiger charge is -2.35. The van der Waals surface area contributed by atoms with Crippen molar-refractivity contribution in [1.82, 2.24) is 20.4 Å². The summed E-state index contributed by atoms with van der Waals surface area (Å²) in [6.07, 6.45) is 0.223. The van der Waals surface area contributed by atoms with Crippen LogP contribution in [0.4, 0.5) is 0 Å². The molecule has 1 saturated heterocycles. The SMILES string of the molecule is CC(=O)NC(CC(=O)N1CCN(CC(=O)NCc2ccccc2)CC1)c1ccccc1. The fourth-order valence-electron chi connectivity index (χ4n) is 3.70. The summed E-state index contributed by atoms with van der Waals surface area (Å²) in [5.41, 5.74) is 1.98. The first-order valence-electron chi connectivity index (χ1n) is 10.6. The van der Waals surface area contributed by atoms with Gasteiger partial charge in [0, 0.05) is 39.6 Å². The topological polar surface area (TPSA) is 81.8 Å². The number of piperazine rings is 1. The molecule has 1 unspecified atom stereocenters. The summed E-state index contributed by atoms with van der Waals surface area (Å²) in [6, 6.07) is 19.0. The summed E-state index contributed by atoms with van der Waals surface area (Å²) in [6.45, 7) is 4.76. The molecule has 2 aromatic carbocycles. The van der Waals surface area contributed by atoms with Crippen molar-refractivity contribution in [2.24, 2.45) is 0 Å². The zero-order valence-corrected chi connectivity index (χ0v) is 17.9. The van der Waals surface area contributed by atoms with E-state index < -0.39 is 0 Å². The molecule has 0 aliphatic carbocycles. The summed E-state index contributed by atoms with van der Waals surface area (Å²) in [5, 5.41) is 5.82. The lowest BCUT2D eigenvalue weighted by atomic mass is 10.0. The van der Waals surface area contributed by atoms with Gasteiger partial charge in [0.05, 0.1) is 19.0 Å². The minimum Gasteiger partial charge on any atom is -0.351 e. The largest absolute Gasteiger partial charge is 0.351 e. The van der Waals surface area contributed by atoms with Crippen LogP contribution < -0.4 is 10.6 Å². The minimum absolute atomic E-state index is 0.00998. The van der Waals surface area contributed by atoms with E-state index in [0.717, 1.165) is 11.1 Å². The highest BCUT2D eigenvalue weighted by Gasteiger charge is 2.25. The Balaban J connectivity index is 1.44. The second-order valence-electron chi connectivity index (χ2n) is 7.79. The lowest BCUT2D eigenvalue weighted by Crippen LogP contribution is -2.51. The highest BCUT2D eigenvalue weighted by Crippen LogP contribution is 2.18. The van der Waals surface area contributed by atoms with Crippen molar-refractivity contribution >= 4 is 17.7 Å². The number of rotatable bonds is 8. The zero-order chi connectivity index (χ0) is 22.1. The van der Waals surface area contributed by atoms with Crippen LogP contribution in [0, 0.1) is 0 Å². The maximum Gasteiger partial charge on any atom is 0.234 e. The Bertz CT molecular complexity index is 865. The molecule has 1 fully saturated rings. The van der Waals surface area contributed by atoms with Crippen LogP contribution in [-0.2, 0) is 20.9 Å². The van der Waals surface area contributed by atoms with Crippen LogP contribution in [0.15, 0.2) is 60.7 Å². The Morgan fingerprint density at radius 2 is 1.52 bits per heavy atom. The van der Waals surface area contributed by atoms with E-state index >= 15 is 0 Å². The van der Waals surface area contributed by atoms with Gasteiger partial charge in [-0.05, 0) is 11.1 Å². The van der Waals surface area contributed by atoms with Crippen LogP contribution in [-0.4, -0.2) is 60.2 Å². The molecule has 7 nitrogen and oxygen atoms in total. The molecular formula is C24H30N4O3. The summed E-state index contributed by atoms with van der Waals surface area (Å²) in [4.78, 5) is 40.5. The second-order valence-corrected chi connectivity index (χ2v) is 7.79. The third-order valence-electron chi connectivity index (χ3n) is 5.38. The van der Waals surface area contributed by atoms with Crippen molar-refractivity contribution < 1.29 is 14.4 Å². The van der Waals surface area contributed by atoms with Crippen molar-refractivity contribution in [2.45, 2.75) is 25.9 Å². The van der Waals surface area contributed by atoms with Gasteiger partial charge in [-0.15, -0.1) is 0 Å². The van der Waals surface area contributed by atoms with E-state index in [4.69, 9.17) is 0 Å². The molecule has 0 bridgehead atoms. The summed E-state index contributed by atoms with van der Waals surface area (Å²) >= 11 is 0. The van der Waals surface area contributed by atoms with Gasteiger partial charge in [-0.1, -0.05) is 60.7 Å². The summed E-state index contributed by atoms with van der Waals surface area (Å²) in [5.74, 6) is -0.165. The first-order valence-corrected chi connectivity index (χ1v) is 10.6. The average Bonchev–Trinajstić information content (AvgIpc) is 2.79. The summed E-state index contributed by atoms with van der Waals surface area (Å²) < 4.78 is 0. The zero-order valence-electron chi connectivity index (χ0n) is 17.9. The summed E-state index contributed by atoms with van der Waals surface area (Å²) in [7, 11) is 0. The average molecular weight is 423 g/mol. The minimum atomic E-state index is -0.340. The Kier molecular flexibility index (Phi) is 8.18. The van der Waals surface area contributed by atoms with Crippen molar-refractivity contribution in [3.05, 3.63) is 71.8 Å². The van der Waals surface area contributed by atoms with Gasteiger partial charge in [0.15, 0.2) is 0 Å². The van der Waals surface area contributed by atoms with E-state index in [0.29, 0.717) is 39.3 Å². The highest BCUT2D eigenvalue weighted by molar-refractivity contribution is 5.80. The molecule has 0 radical (unpaired) electrons. The van der Waals surface area contributed by atoms with E-state index in [1.807, 2.05) is 65.6 Å². The quantitative estimate of drug-likeness (QED) is 0.679. The highest BCUT2D eigenvalue weighted by atomic mass is 16.2. The van der Waals surface area contributed by atoms with E-state index in [9.17, 15) is 14.4 Å². The number of carbonyl (C=O) groups excluding carboxylic acids is 3. The molecule has 0 aromatic heterocycles. The number of nitrogens with zero attached hydrogens (tertiary/aromatic N) is 2. The van der Waals surface area contributed by atoms with E-state index in [1.165, 1.54) is 6.92 Å². The molecule has 3 amide bonds. The normalized spacial score (nSPS) is 15.2. The van der Waals surface area contributed by atoms with Gasteiger partial charge in [0.2, 0.25) is 17.7 Å². The van der Waals surface area contributed by atoms with Crippen LogP contribution in [0.2, 0.25) is 0 Å². The third-order valence-corrected chi connectivity index (χ3v) is 5.38. The van der Waals surface area contributed by atoms with Gasteiger partial charge < -0.3 is 15.5 Å². The Hall–Kier alpha value is -3.19. The van der Waals surface area contributed by atoms with Gasteiger partial charge in [0.25, 0.3) is 0 Å². The number of carbonyl (C=O) groups is 3. The Labute approximate surface area is 183 Å². The van der Waals surface area contributed by atoms with Gasteiger partial charge >= 0.3 is 0 Å². The smallest absolute Gasteiger partial charge is 0.234 e. The number of amides is 3. The fraction of sp³-hybridized carbons (Fsp3) is 0.375. The monoisotopic (exact) mass is 422 g/mol. The van der Waals surface area contributed by atoms with Crippen molar-refractivity contribution in [1.29, 1.82) is 0 Å². The Morgan fingerprint density at radius 3 is 2.13 bits per heavy atom. The molecule has 7 heteroatoms. The van der Waals surface area contributed by atoms with Gasteiger partial charge in [-0.25, -0.2) is 0 Å². The van der Waals surface area contributed by atoms with E-state index in [1.54, 1.807) is 0 Å². The molecule has 1 aliphatic rings. The number of nitrogens with one attached hydrogen (secondary N) is 2. The maximum atomic E-state index is 12.8. The predicted octanol–water partition coefficient (Wildman–Crippen LogP) is 1.71. The molecular weight excluding hydrogens is 392 g/mol. The predicted molar refractivity (Wildman–Crippen MR) is 119 cm³/mol. The lowest BCUT2D eigenvalue weighted by molar-refractivity contribution is -0.134. The van der Waals surface area contributed by atoms with Crippen LogP contribution in [0.1, 0.15) is 30.5 Å². The van der Waals surface area contributed by atoms with E-state index in [2.05, 4.69) is 15.5 Å². The van der Waals surface area contributed by atoms with Gasteiger partial charge in [0.1, 0.15) is 0 Å². The standard InChI is InChI=1S/C24H30N4O3/c1-19(29)26-22(21-10-6-3-7-11-21)16-24(31)28-14-12-27(13-15-28)18-23(30)25-17-20-8-4-2-5-9-20/h2-11,22H,12-18H2,1H3,(H,25,30)(H,26,29). The van der Waals surface area contributed by atoms with Crippen molar-refractivity contribution in [2.75, 3.05) is 32.7 Å². The Morgan fingerprint density at radius 1 is 0.903 bits per heavy atom. The van der Waals surface area contributed by atoms with Crippen LogP contribution in [0.25, 0.3) is 0 Å². The molecule has 0 saturated carbocycles. The second kappa shape index (κ2) is 11.3. The molecule has 2 aromatic rings. The van der Waals surface area contributed by atoms with Crippen molar-refractivity contribution in [3.63, 3.8) is 0 Å². The molecule has 1 atom stereocenters. The van der Waals surface area contributed by atoms with Crippen molar-refractivity contribution in [3.8, 4) is 0 Å². The maximum absolute atomic E-state index is 12.8.